The van der Waals surface area contributed by atoms with Gasteiger partial charge in [0.25, 0.3) is 0 Å². The molecule has 0 heterocycles. The van der Waals surface area contributed by atoms with Crippen molar-refractivity contribution in [2.24, 2.45) is 11.8 Å². The Labute approximate surface area is 167 Å². The van der Waals surface area contributed by atoms with Gasteiger partial charge in [-0.3, -0.25) is 0 Å². The molecule has 150 valence electrons. The predicted molar refractivity (Wildman–Crippen MR) is 107 cm³/mol. The number of ether oxygens (including phenoxy) is 1. The van der Waals surface area contributed by atoms with Gasteiger partial charge in [-0.1, -0.05) is 19.1 Å². The van der Waals surface area contributed by atoms with Gasteiger partial charge >= 0.3 is 5.97 Å². The number of esters is 1. The molecule has 0 unspecified atom stereocenters. The number of hydrogen-bond donors (Lipinski definition) is 0. The molecule has 0 radical (unpaired) electrons. The van der Waals surface area contributed by atoms with Gasteiger partial charge in [0, 0.05) is 6.08 Å². The molecule has 0 saturated heterocycles. The van der Waals surface area contributed by atoms with Gasteiger partial charge in [0.05, 0.1) is 5.56 Å². The summed E-state index contributed by atoms with van der Waals surface area (Å²) < 4.78 is 19.5. The second-order valence-corrected chi connectivity index (χ2v) is 8.25. The monoisotopic (exact) mass is 383 g/mol. The summed E-state index contributed by atoms with van der Waals surface area (Å²) in [5, 5.41) is 8.88. The number of nitrogens with zero attached hydrogens (tertiary/aromatic N) is 1. The van der Waals surface area contributed by atoms with E-state index in [1.165, 1.54) is 12.8 Å². The smallest absolute Gasteiger partial charge is 0.330 e. The summed E-state index contributed by atoms with van der Waals surface area (Å²) >= 11 is 0. The molecule has 4 heteroatoms. The summed E-state index contributed by atoms with van der Waals surface area (Å²) in [6.07, 6.45) is 13.1. The third-order valence-corrected chi connectivity index (χ3v) is 6.51. The molecule has 2 saturated carbocycles. The van der Waals surface area contributed by atoms with E-state index in [1.54, 1.807) is 18.2 Å². The maximum atomic E-state index is 13.9. The van der Waals surface area contributed by atoms with Crippen molar-refractivity contribution in [1.82, 2.24) is 0 Å². The molecule has 0 aromatic heterocycles. The first-order chi connectivity index (χ1) is 13.6. The molecular weight excluding hydrogens is 353 g/mol. The molecule has 3 nitrogen and oxygen atoms in total. The van der Waals surface area contributed by atoms with Crippen LogP contribution in [0.2, 0.25) is 0 Å². The van der Waals surface area contributed by atoms with E-state index in [1.807, 2.05) is 25.1 Å². The van der Waals surface area contributed by atoms with E-state index in [4.69, 9.17) is 10.00 Å². The molecule has 0 atom stereocenters. The first-order valence-corrected chi connectivity index (χ1v) is 10.7. The van der Waals surface area contributed by atoms with E-state index in [9.17, 15) is 9.18 Å². The Morgan fingerprint density at radius 3 is 2.36 bits per heavy atom. The Hall–Kier alpha value is -2.15. The highest BCUT2D eigenvalue weighted by molar-refractivity contribution is 5.82. The van der Waals surface area contributed by atoms with Crippen molar-refractivity contribution in [3.63, 3.8) is 0 Å². The Morgan fingerprint density at radius 1 is 1.14 bits per heavy atom. The molecule has 3 rings (SSSR count). The van der Waals surface area contributed by atoms with E-state index in [2.05, 4.69) is 0 Å². The summed E-state index contributed by atoms with van der Waals surface area (Å²) in [5.41, 5.74) is 1.16. The molecule has 1 aromatic carbocycles. The zero-order valence-corrected chi connectivity index (χ0v) is 16.7. The number of rotatable bonds is 5. The molecule has 1 aromatic rings. The van der Waals surface area contributed by atoms with Gasteiger partial charge in [-0.05, 0) is 93.2 Å². The van der Waals surface area contributed by atoms with Crippen LogP contribution in [0, 0.1) is 29.0 Å². The number of benzene rings is 1. The van der Waals surface area contributed by atoms with Crippen LogP contribution in [0.15, 0.2) is 30.4 Å². The van der Waals surface area contributed by atoms with E-state index in [0.717, 1.165) is 62.3 Å². The summed E-state index contributed by atoms with van der Waals surface area (Å²) in [7, 11) is 0. The molecule has 2 aliphatic rings. The first-order valence-electron chi connectivity index (χ1n) is 10.7. The maximum Gasteiger partial charge on any atom is 0.330 e. The maximum absolute atomic E-state index is 13.9. The van der Waals surface area contributed by atoms with Crippen LogP contribution in [0.5, 0.6) is 0 Å². The van der Waals surface area contributed by atoms with Gasteiger partial charge in [-0.2, -0.15) is 5.26 Å². The minimum atomic E-state index is -0.399. The van der Waals surface area contributed by atoms with E-state index < -0.39 is 5.82 Å². The zero-order chi connectivity index (χ0) is 19.9. The number of carbonyl (C=O) groups is 1. The fraction of sp³-hybridized carbons (Fsp3) is 0.583. The molecular formula is C24H30FNO2. The van der Waals surface area contributed by atoms with Crippen molar-refractivity contribution in [1.29, 1.82) is 5.26 Å². The third kappa shape index (κ3) is 5.22. The summed E-state index contributed by atoms with van der Waals surface area (Å²) in [4.78, 5) is 11.7. The van der Waals surface area contributed by atoms with E-state index in [-0.39, 0.29) is 17.6 Å². The third-order valence-electron chi connectivity index (χ3n) is 6.51. The van der Waals surface area contributed by atoms with Crippen LogP contribution in [0.1, 0.15) is 81.8 Å². The quantitative estimate of drug-likeness (QED) is 0.460. The van der Waals surface area contributed by atoms with Crippen molar-refractivity contribution in [2.45, 2.75) is 76.7 Å². The van der Waals surface area contributed by atoms with Crippen molar-refractivity contribution in [3.8, 4) is 6.07 Å². The Balaban J connectivity index is 1.45. The molecule has 0 spiro atoms. The van der Waals surface area contributed by atoms with Crippen molar-refractivity contribution >= 4 is 5.97 Å². The number of hydrogen-bond acceptors (Lipinski definition) is 3. The van der Waals surface area contributed by atoms with Crippen molar-refractivity contribution in [3.05, 3.63) is 47.3 Å². The van der Waals surface area contributed by atoms with Crippen LogP contribution < -0.4 is 0 Å². The van der Waals surface area contributed by atoms with Crippen LogP contribution in [0.4, 0.5) is 4.39 Å². The Kier molecular flexibility index (Phi) is 7.25. The fourth-order valence-electron chi connectivity index (χ4n) is 4.90. The number of carbonyl (C=O) groups excluding carboxylic acids is 1. The minimum Gasteiger partial charge on any atom is -0.459 e. The van der Waals surface area contributed by atoms with E-state index >= 15 is 0 Å². The first kappa shape index (κ1) is 20.6. The van der Waals surface area contributed by atoms with Crippen molar-refractivity contribution in [2.75, 3.05) is 0 Å². The summed E-state index contributed by atoms with van der Waals surface area (Å²) in [6.45, 7) is 2.00. The molecule has 0 bridgehead atoms. The van der Waals surface area contributed by atoms with Crippen LogP contribution in [0.3, 0.4) is 0 Å². The fourth-order valence-corrected chi connectivity index (χ4v) is 4.90. The number of halogens is 1. The summed E-state index contributed by atoms with van der Waals surface area (Å²) in [5.74, 6) is 1.25. The lowest BCUT2D eigenvalue weighted by molar-refractivity contribution is -0.145. The molecule has 28 heavy (non-hydrogen) atoms. The van der Waals surface area contributed by atoms with Crippen LogP contribution in [-0.2, 0) is 9.53 Å². The average molecular weight is 384 g/mol. The van der Waals surface area contributed by atoms with Gasteiger partial charge in [-0.25, -0.2) is 9.18 Å². The molecule has 0 aliphatic heterocycles. The highest BCUT2D eigenvalue weighted by Crippen LogP contribution is 2.43. The zero-order valence-electron chi connectivity index (χ0n) is 16.7. The largest absolute Gasteiger partial charge is 0.459 e. The van der Waals surface area contributed by atoms with Gasteiger partial charge in [-0.15, -0.1) is 0 Å². The highest BCUT2D eigenvalue weighted by Gasteiger charge is 2.32. The van der Waals surface area contributed by atoms with Gasteiger partial charge in [0.1, 0.15) is 18.0 Å². The predicted octanol–water partition coefficient (Wildman–Crippen LogP) is 6.04. The lowest BCUT2D eigenvalue weighted by Crippen LogP contribution is -2.29. The second-order valence-electron chi connectivity index (χ2n) is 8.25. The van der Waals surface area contributed by atoms with Crippen molar-refractivity contribution < 1.29 is 13.9 Å². The van der Waals surface area contributed by atoms with Gasteiger partial charge in [0.15, 0.2) is 0 Å². The molecule has 2 aliphatic carbocycles. The standard InChI is InChI=1S/C24H30FNO2/c1-2-3-4-24(27)28-22-13-11-18(12-14-22)17-5-7-19(8-6-17)20-9-10-21(16-26)23(25)15-20/h3-4,9-10,15,17-19,22H,2,5-8,11-14H2,1H3. The van der Waals surface area contributed by atoms with Crippen LogP contribution in [-0.4, -0.2) is 12.1 Å². The molecule has 2 fully saturated rings. The lowest BCUT2D eigenvalue weighted by Gasteiger charge is -2.37. The van der Waals surface area contributed by atoms with Gasteiger partial charge < -0.3 is 4.74 Å². The normalized spacial score (nSPS) is 28.0. The topological polar surface area (TPSA) is 50.1 Å². The number of nitriles is 1. The Bertz CT molecular complexity index is 735. The second kappa shape index (κ2) is 9.87. The van der Waals surface area contributed by atoms with E-state index in [0.29, 0.717) is 5.92 Å². The Morgan fingerprint density at radius 2 is 1.79 bits per heavy atom. The minimum absolute atomic E-state index is 0.0724. The lowest BCUT2D eigenvalue weighted by atomic mass is 9.69. The summed E-state index contributed by atoms with van der Waals surface area (Å²) in [6, 6.07) is 6.96. The van der Waals surface area contributed by atoms with Gasteiger partial charge in [0.2, 0.25) is 0 Å². The van der Waals surface area contributed by atoms with Crippen LogP contribution in [0.25, 0.3) is 0 Å². The molecule has 0 amide bonds. The highest BCUT2D eigenvalue weighted by atomic mass is 19.1. The average Bonchev–Trinajstić information content (AvgIpc) is 2.73. The number of allylic oxidation sites excluding steroid dienone is 1. The van der Waals surface area contributed by atoms with Crippen LogP contribution >= 0.6 is 0 Å². The SMILES string of the molecule is CCC=CC(=O)OC1CCC(C2CCC(c3ccc(C#N)c(F)c3)CC2)CC1. The molecule has 0 N–H and O–H groups in total.